The van der Waals surface area contributed by atoms with Gasteiger partial charge in [-0.15, -0.1) is 0 Å². The van der Waals surface area contributed by atoms with E-state index in [1.54, 1.807) is 6.92 Å². The van der Waals surface area contributed by atoms with Crippen molar-refractivity contribution in [1.29, 1.82) is 0 Å². The smallest absolute Gasteiger partial charge is 0.148 e. The first kappa shape index (κ1) is 15.4. The highest BCUT2D eigenvalue weighted by Gasteiger charge is 2.07. The van der Waals surface area contributed by atoms with E-state index in [4.69, 9.17) is 0 Å². The van der Waals surface area contributed by atoms with Gasteiger partial charge in [0.1, 0.15) is 23.2 Å². The van der Waals surface area contributed by atoms with Crippen molar-refractivity contribution in [2.45, 2.75) is 34.1 Å². The second-order valence-electron chi connectivity index (χ2n) is 5.32. The molecule has 0 atom stereocenters. The highest BCUT2D eigenvalue weighted by molar-refractivity contribution is 5.80. The van der Waals surface area contributed by atoms with Crippen LogP contribution in [0.2, 0.25) is 0 Å². The summed E-state index contributed by atoms with van der Waals surface area (Å²) in [5.41, 5.74) is 0. The van der Waals surface area contributed by atoms with E-state index < -0.39 is 0 Å². The Labute approximate surface area is 115 Å². The van der Waals surface area contributed by atoms with E-state index >= 15 is 0 Å². The van der Waals surface area contributed by atoms with Gasteiger partial charge in [0, 0.05) is 19.7 Å². The Morgan fingerprint density at radius 2 is 2.11 bits per heavy atom. The molecule has 0 saturated heterocycles. The maximum absolute atomic E-state index is 11.0. The zero-order chi connectivity index (χ0) is 14.4. The lowest BCUT2D eigenvalue weighted by atomic mass is 10.1. The van der Waals surface area contributed by atoms with Gasteiger partial charge in [-0.1, -0.05) is 13.8 Å². The van der Waals surface area contributed by atoms with Crippen LogP contribution in [-0.4, -0.2) is 35.9 Å². The summed E-state index contributed by atoms with van der Waals surface area (Å²) in [7, 11) is 2.03. The zero-order valence-electron chi connectivity index (χ0n) is 12.5. The number of anilines is 2. The molecule has 0 spiro atoms. The molecular formula is C14H24N4O. The molecule has 0 aliphatic rings. The van der Waals surface area contributed by atoms with E-state index in [1.165, 1.54) is 0 Å². The summed E-state index contributed by atoms with van der Waals surface area (Å²) < 4.78 is 0. The third-order valence-electron chi connectivity index (χ3n) is 2.78. The molecule has 106 valence electrons. The van der Waals surface area contributed by atoms with Crippen LogP contribution in [0, 0.1) is 12.8 Å². The second-order valence-corrected chi connectivity index (χ2v) is 5.32. The highest BCUT2D eigenvalue weighted by Crippen LogP contribution is 2.15. The molecule has 0 unspecified atom stereocenters. The molecule has 1 aromatic heterocycles. The van der Waals surface area contributed by atoms with Crippen LogP contribution in [0.1, 0.15) is 33.0 Å². The predicted octanol–water partition coefficient (Wildman–Crippen LogP) is 2.27. The Hall–Kier alpha value is -1.65. The molecule has 1 rings (SSSR count). The van der Waals surface area contributed by atoms with Crippen LogP contribution in [0.3, 0.4) is 0 Å². The lowest BCUT2D eigenvalue weighted by molar-refractivity contribution is -0.115. The molecule has 0 radical (unpaired) electrons. The summed E-state index contributed by atoms with van der Waals surface area (Å²) in [5, 5.41) is 3.02. The van der Waals surface area contributed by atoms with Crippen LogP contribution in [0.25, 0.3) is 0 Å². The Balaban J connectivity index is 2.74. The summed E-state index contributed by atoms with van der Waals surface area (Å²) in [5.74, 6) is 3.06. The minimum Gasteiger partial charge on any atom is -0.363 e. The van der Waals surface area contributed by atoms with Gasteiger partial charge in [-0.25, -0.2) is 9.97 Å². The number of ketones is 1. The molecule has 0 bridgehead atoms. The molecule has 0 aliphatic heterocycles. The Morgan fingerprint density at radius 1 is 1.42 bits per heavy atom. The average Bonchev–Trinajstić information content (AvgIpc) is 2.32. The molecule has 1 heterocycles. The van der Waals surface area contributed by atoms with Gasteiger partial charge < -0.3 is 10.2 Å². The molecule has 0 fully saturated rings. The van der Waals surface area contributed by atoms with E-state index in [0.717, 1.165) is 18.8 Å². The normalized spacial score (nSPS) is 10.6. The van der Waals surface area contributed by atoms with Gasteiger partial charge in [0.15, 0.2) is 0 Å². The Kier molecular flexibility index (Phi) is 5.73. The molecule has 0 aromatic carbocycles. The van der Waals surface area contributed by atoms with E-state index in [0.29, 0.717) is 24.1 Å². The number of hydrogen-bond donors (Lipinski definition) is 1. The third-order valence-corrected chi connectivity index (χ3v) is 2.78. The van der Waals surface area contributed by atoms with E-state index in [2.05, 4.69) is 34.0 Å². The molecule has 19 heavy (non-hydrogen) atoms. The van der Waals surface area contributed by atoms with Gasteiger partial charge in [0.05, 0.1) is 6.54 Å². The first-order chi connectivity index (χ1) is 8.88. The van der Waals surface area contributed by atoms with Gasteiger partial charge >= 0.3 is 0 Å². The minimum atomic E-state index is 0.0889. The lowest BCUT2D eigenvalue weighted by Crippen LogP contribution is -2.22. The number of carbonyl (C=O) groups is 1. The van der Waals surface area contributed by atoms with Crippen molar-refractivity contribution in [1.82, 2.24) is 9.97 Å². The number of nitrogens with one attached hydrogen (secondary N) is 1. The van der Waals surface area contributed by atoms with E-state index in [-0.39, 0.29) is 5.78 Å². The molecule has 5 heteroatoms. The minimum absolute atomic E-state index is 0.0889. The van der Waals surface area contributed by atoms with Crippen LogP contribution in [0.15, 0.2) is 6.07 Å². The summed E-state index contributed by atoms with van der Waals surface area (Å²) >= 11 is 0. The van der Waals surface area contributed by atoms with Crippen molar-refractivity contribution < 1.29 is 4.79 Å². The molecule has 1 N–H and O–H groups in total. The number of rotatable bonds is 7. The fourth-order valence-corrected chi connectivity index (χ4v) is 1.62. The van der Waals surface area contributed by atoms with Crippen LogP contribution >= 0.6 is 0 Å². The van der Waals surface area contributed by atoms with Gasteiger partial charge in [-0.05, 0) is 26.2 Å². The molecule has 0 amide bonds. The first-order valence-corrected chi connectivity index (χ1v) is 6.68. The maximum Gasteiger partial charge on any atom is 0.148 e. The fourth-order valence-electron chi connectivity index (χ4n) is 1.62. The van der Waals surface area contributed by atoms with E-state index in [1.807, 2.05) is 20.0 Å². The second kappa shape index (κ2) is 7.07. The van der Waals surface area contributed by atoms with Crippen LogP contribution in [0.4, 0.5) is 11.6 Å². The SMILES string of the molecule is CC(=O)CNc1cc(N(C)CCC(C)C)nc(C)n1. The average molecular weight is 264 g/mol. The zero-order valence-corrected chi connectivity index (χ0v) is 12.5. The summed E-state index contributed by atoms with van der Waals surface area (Å²) in [6.45, 7) is 9.08. The number of aryl methyl sites for hydroxylation is 1. The van der Waals surface area contributed by atoms with E-state index in [9.17, 15) is 4.79 Å². The van der Waals surface area contributed by atoms with Crippen molar-refractivity contribution in [2.24, 2.45) is 5.92 Å². The standard InChI is InChI=1S/C14H24N4O/c1-10(2)6-7-18(5)14-8-13(15-9-11(3)19)16-12(4)17-14/h8,10H,6-7,9H2,1-5H3,(H,15,16,17). The molecular weight excluding hydrogens is 240 g/mol. The van der Waals surface area contributed by atoms with Crippen molar-refractivity contribution in [3.05, 3.63) is 11.9 Å². The number of carbonyl (C=O) groups excluding carboxylic acids is 1. The molecule has 0 aliphatic carbocycles. The first-order valence-electron chi connectivity index (χ1n) is 6.68. The Morgan fingerprint density at radius 3 is 2.68 bits per heavy atom. The molecule has 1 aromatic rings. The topological polar surface area (TPSA) is 58.1 Å². The quantitative estimate of drug-likeness (QED) is 0.818. The number of nitrogens with zero attached hydrogens (tertiary/aromatic N) is 3. The summed E-state index contributed by atoms with van der Waals surface area (Å²) in [6, 6.07) is 1.89. The van der Waals surface area contributed by atoms with Crippen molar-refractivity contribution in [3.8, 4) is 0 Å². The van der Waals surface area contributed by atoms with Gasteiger partial charge in [0.25, 0.3) is 0 Å². The largest absolute Gasteiger partial charge is 0.363 e. The highest BCUT2D eigenvalue weighted by atomic mass is 16.1. The van der Waals surface area contributed by atoms with Gasteiger partial charge in [0.2, 0.25) is 0 Å². The van der Waals surface area contributed by atoms with Crippen LogP contribution in [-0.2, 0) is 4.79 Å². The third kappa shape index (κ3) is 5.68. The van der Waals surface area contributed by atoms with Crippen molar-refractivity contribution in [3.63, 3.8) is 0 Å². The van der Waals surface area contributed by atoms with Crippen molar-refractivity contribution >= 4 is 17.4 Å². The number of aromatic nitrogens is 2. The fraction of sp³-hybridized carbons (Fsp3) is 0.643. The van der Waals surface area contributed by atoms with Crippen molar-refractivity contribution in [2.75, 3.05) is 30.4 Å². The number of Topliss-reactive ketones (excluding diaryl/α,β-unsaturated/α-hetero) is 1. The predicted molar refractivity (Wildman–Crippen MR) is 78.7 cm³/mol. The monoisotopic (exact) mass is 264 g/mol. The molecule has 5 nitrogen and oxygen atoms in total. The number of hydrogen-bond acceptors (Lipinski definition) is 5. The Bertz CT molecular complexity index is 431. The van der Waals surface area contributed by atoms with Crippen LogP contribution < -0.4 is 10.2 Å². The summed E-state index contributed by atoms with van der Waals surface area (Å²) in [6.07, 6.45) is 1.12. The molecule has 0 saturated carbocycles. The van der Waals surface area contributed by atoms with Gasteiger partial charge in [-0.3, -0.25) is 4.79 Å². The maximum atomic E-state index is 11.0. The lowest BCUT2D eigenvalue weighted by Gasteiger charge is -2.20. The van der Waals surface area contributed by atoms with Crippen LogP contribution in [0.5, 0.6) is 0 Å². The van der Waals surface area contributed by atoms with Gasteiger partial charge in [-0.2, -0.15) is 0 Å². The summed E-state index contributed by atoms with van der Waals surface area (Å²) in [4.78, 5) is 21.8.